The van der Waals surface area contributed by atoms with E-state index in [2.05, 4.69) is 15.1 Å². The Morgan fingerprint density at radius 1 is 1.22 bits per heavy atom. The molecule has 0 spiro atoms. The molecule has 138 valence electrons. The topological polar surface area (TPSA) is 69.2 Å². The summed E-state index contributed by atoms with van der Waals surface area (Å²) in [6.45, 7) is 1.54. The van der Waals surface area contributed by atoms with Crippen LogP contribution in [0.1, 0.15) is 28.8 Å². The van der Waals surface area contributed by atoms with Gasteiger partial charge in [-0.3, -0.25) is 9.89 Å². The first-order chi connectivity index (χ1) is 13.2. The molecule has 5 nitrogen and oxygen atoms in total. The van der Waals surface area contributed by atoms with Gasteiger partial charge >= 0.3 is 0 Å². The van der Waals surface area contributed by atoms with Crippen molar-refractivity contribution in [2.75, 3.05) is 18.0 Å². The highest BCUT2D eigenvalue weighted by atomic mass is 32.1. The van der Waals surface area contributed by atoms with Crippen molar-refractivity contribution in [3.63, 3.8) is 0 Å². The third kappa shape index (κ3) is 2.55. The zero-order chi connectivity index (χ0) is 18.4. The van der Waals surface area contributed by atoms with E-state index in [4.69, 9.17) is 0 Å². The Balaban J connectivity index is 1.48. The molecule has 3 heterocycles. The number of aromatic nitrogens is 2. The summed E-state index contributed by atoms with van der Waals surface area (Å²) in [6.07, 6.45) is 6.59. The van der Waals surface area contributed by atoms with Gasteiger partial charge in [-0.25, -0.2) is 0 Å². The molecule has 6 heteroatoms. The Kier molecular flexibility index (Phi) is 3.91. The molecule has 2 unspecified atom stereocenters. The summed E-state index contributed by atoms with van der Waals surface area (Å²) in [5.41, 5.74) is 1.98. The van der Waals surface area contributed by atoms with E-state index < -0.39 is 5.60 Å². The van der Waals surface area contributed by atoms with Crippen LogP contribution in [0.15, 0.2) is 48.8 Å². The molecule has 2 atom stereocenters. The maximum Gasteiger partial charge on any atom is 0.153 e. The normalized spacial score (nSPS) is 27.1. The lowest BCUT2D eigenvalue weighted by atomic mass is 9.75. The van der Waals surface area contributed by atoms with Gasteiger partial charge in [0.1, 0.15) is 5.00 Å². The highest BCUT2D eigenvalue weighted by Gasteiger charge is 2.54. The number of rotatable bonds is 4. The van der Waals surface area contributed by atoms with Gasteiger partial charge in [0.15, 0.2) is 6.29 Å². The van der Waals surface area contributed by atoms with Crippen molar-refractivity contribution < 1.29 is 9.90 Å². The van der Waals surface area contributed by atoms with Crippen molar-refractivity contribution in [3.05, 3.63) is 59.9 Å². The number of piperidine rings is 1. The molecule has 0 radical (unpaired) electrons. The zero-order valence-electron chi connectivity index (χ0n) is 14.8. The van der Waals surface area contributed by atoms with Crippen LogP contribution in [0, 0.1) is 11.8 Å². The fourth-order valence-corrected chi connectivity index (χ4v) is 5.97. The molecule has 1 aliphatic heterocycles. The largest absolute Gasteiger partial charge is 0.384 e. The molecule has 2 aromatic heterocycles. The van der Waals surface area contributed by atoms with E-state index in [-0.39, 0.29) is 11.8 Å². The number of hydrogen-bond acceptors (Lipinski definition) is 5. The number of fused-ring (bicyclic) bond motifs is 2. The van der Waals surface area contributed by atoms with Crippen LogP contribution in [0.2, 0.25) is 0 Å². The molecule has 2 fully saturated rings. The second-order valence-corrected chi connectivity index (χ2v) is 8.57. The Hall–Kier alpha value is -2.44. The summed E-state index contributed by atoms with van der Waals surface area (Å²) < 4.78 is 0. The molecule has 27 heavy (non-hydrogen) atoms. The molecule has 2 aliphatic rings. The molecular formula is C21H21N3O2S. The van der Waals surface area contributed by atoms with Crippen molar-refractivity contribution in [2.24, 2.45) is 11.8 Å². The fraction of sp³-hybridized carbons (Fsp3) is 0.333. The minimum absolute atomic E-state index is 0.178. The predicted molar refractivity (Wildman–Crippen MR) is 106 cm³/mol. The van der Waals surface area contributed by atoms with Crippen LogP contribution >= 0.6 is 11.3 Å². The lowest BCUT2D eigenvalue weighted by Gasteiger charge is -2.45. The van der Waals surface area contributed by atoms with E-state index in [0.29, 0.717) is 0 Å². The molecule has 2 bridgehead atoms. The number of anilines is 1. The molecule has 1 aliphatic carbocycles. The minimum atomic E-state index is -0.760. The number of carbonyl (C=O) groups is 1. The maximum absolute atomic E-state index is 11.7. The molecule has 1 saturated heterocycles. The summed E-state index contributed by atoms with van der Waals surface area (Å²) >= 11 is 1.63. The quantitative estimate of drug-likeness (QED) is 0.679. The standard InChI is InChI=1S/C21H21N3O2S/c25-13-14-8-19(15-9-22-23-10-15)27-20(14)24-11-17-6-7-18(12-24)21(17,26)16-4-2-1-3-5-16/h1-5,8-10,13,17-18,26H,6-7,11-12H2,(H,22,23). The van der Waals surface area contributed by atoms with Crippen LogP contribution in [0.3, 0.4) is 0 Å². The predicted octanol–water partition coefficient (Wildman–Crippen LogP) is 3.68. The van der Waals surface area contributed by atoms with E-state index >= 15 is 0 Å². The molecule has 3 aromatic rings. The van der Waals surface area contributed by atoms with Crippen molar-refractivity contribution in [1.82, 2.24) is 10.2 Å². The third-order valence-corrected chi connectivity index (χ3v) is 7.42. The van der Waals surface area contributed by atoms with E-state index in [9.17, 15) is 9.90 Å². The van der Waals surface area contributed by atoms with Gasteiger partial charge in [0.05, 0.1) is 11.8 Å². The number of thiophene rings is 1. The number of aliphatic hydroxyl groups is 1. The minimum Gasteiger partial charge on any atom is -0.384 e. The fourth-order valence-electron chi connectivity index (χ4n) is 4.84. The summed E-state index contributed by atoms with van der Waals surface area (Å²) in [6, 6.07) is 12.0. The number of aromatic amines is 1. The molecule has 2 N–H and O–H groups in total. The van der Waals surface area contributed by atoms with Gasteiger partial charge < -0.3 is 10.0 Å². The maximum atomic E-state index is 11.7. The van der Waals surface area contributed by atoms with Crippen molar-refractivity contribution >= 4 is 22.6 Å². The van der Waals surface area contributed by atoms with Crippen LogP contribution in [0.5, 0.6) is 0 Å². The Labute approximate surface area is 161 Å². The number of nitrogens with one attached hydrogen (secondary N) is 1. The van der Waals surface area contributed by atoms with Crippen molar-refractivity contribution in [3.8, 4) is 10.4 Å². The van der Waals surface area contributed by atoms with Gasteiger partial charge in [-0.15, -0.1) is 11.3 Å². The van der Waals surface area contributed by atoms with Gasteiger partial charge in [0, 0.05) is 47.1 Å². The lowest BCUT2D eigenvalue weighted by Crippen LogP contribution is -2.52. The lowest BCUT2D eigenvalue weighted by molar-refractivity contribution is -0.0507. The van der Waals surface area contributed by atoms with E-state index in [1.54, 1.807) is 17.5 Å². The van der Waals surface area contributed by atoms with E-state index in [1.807, 2.05) is 42.6 Å². The first kappa shape index (κ1) is 16.7. The average molecular weight is 379 g/mol. The first-order valence-electron chi connectivity index (χ1n) is 9.31. The van der Waals surface area contributed by atoms with Gasteiger partial charge in [-0.1, -0.05) is 30.3 Å². The summed E-state index contributed by atoms with van der Waals surface area (Å²) in [7, 11) is 0. The second kappa shape index (κ2) is 6.32. The number of hydrogen-bond donors (Lipinski definition) is 2. The molecule has 5 rings (SSSR count). The van der Waals surface area contributed by atoms with Gasteiger partial charge in [0.2, 0.25) is 0 Å². The van der Waals surface area contributed by atoms with Gasteiger partial charge in [-0.2, -0.15) is 5.10 Å². The van der Waals surface area contributed by atoms with Gasteiger partial charge in [-0.05, 0) is 24.5 Å². The van der Waals surface area contributed by atoms with Crippen LogP contribution in [0.4, 0.5) is 5.00 Å². The van der Waals surface area contributed by atoms with Crippen molar-refractivity contribution in [2.45, 2.75) is 18.4 Å². The second-order valence-electron chi connectivity index (χ2n) is 7.54. The van der Waals surface area contributed by atoms with Crippen LogP contribution in [-0.2, 0) is 5.60 Å². The van der Waals surface area contributed by atoms with Gasteiger partial charge in [0.25, 0.3) is 0 Å². The Bertz CT molecular complexity index is 937. The summed E-state index contributed by atoms with van der Waals surface area (Å²) in [5, 5.41) is 19.4. The third-order valence-electron chi connectivity index (χ3n) is 6.16. The zero-order valence-corrected chi connectivity index (χ0v) is 15.7. The molecule has 1 aromatic carbocycles. The SMILES string of the molecule is O=Cc1cc(-c2cn[nH]c2)sc1N1CC2CCC(C1)C2(O)c1ccccc1. The highest BCUT2D eigenvalue weighted by molar-refractivity contribution is 7.19. The van der Waals surface area contributed by atoms with Crippen LogP contribution in [-0.4, -0.2) is 34.7 Å². The number of benzene rings is 1. The molecular weight excluding hydrogens is 358 g/mol. The Morgan fingerprint density at radius 3 is 2.59 bits per heavy atom. The smallest absolute Gasteiger partial charge is 0.153 e. The van der Waals surface area contributed by atoms with E-state index in [0.717, 1.165) is 58.8 Å². The highest BCUT2D eigenvalue weighted by Crippen LogP contribution is 2.53. The number of carbonyl (C=O) groups excluding carboxylic acids is 1. The first-order valence-corrected chi connectivity index (χ1v) is 10.1. The average Bonchev–Trinajstić information content (AvgIpc) is 3.40. The molecule has 1 saturated carbocycles. The van der Waals surface area contributed by atoms with Crippen LogP contribution < -0.4 is 4.90 Å². The van der Waals surface area contributed by atoms with E-state index in [1.165, 1.54) is 0 Å². The van der Waals surface area contributed by atoms with Crippen molar-refractivity contribution in [1.29, 1.82) is 0 Å². The van der Waals surface area contributed by atoms with Crippen LogP contribution in [0.25, 0.3) is 10.4 Å². The monoisotopic (exact) mass is 379 g/mol. The summed E-state index contributed by atoms with van der Waals surface area (Å²) in [5.74, 6) is 0.357. The Morgan fingerprint density at radius 2 is 1.96 bits per heavy atom. The molecule has 0 amide bonds. The number of H-pyrrole nitrogens is 1. The number of aldehydes is 1. The summed E-state index contributed by atoms with van der Waals surface area (Å²) in [4.78, 5) is 15.0. The number of nitrogens with zero attached hydrogens (tertiary/aromatic N) is 2.